The molecule has 0 bridgehead atoms. The van der Waals surface area contributed by atoms with Gasteiger partial charge in [0.05, 0.1) is 17.1 Å². The number of hydrogen-bond donors (Lipinski definition) is 1. The first-order chi connectivity index (χ1) is 13.8. The van der Waals surface area contributed by atoms with Crippen LogP contribution in [0.15, 0.2) is 91.1 Å². The van der Waals surface area contributed by atoms with Gasteiger partial charge in [0.15, 0.2) is 0 Å². The summed E-state index contributed by atoms with van der Waals surface area (Å²) in [7, 11) is 0. The van der Waals surface area contributed by atoms with Gasteiger partial charge in [0.25, 0.3) is 0 Å². The van der Waals surface area contributed by atoms with Gasteiger partial charge in [-0.25, -0.2) is 4.98 Å². The topological polar surface area (TPSA) is 33.1 Å². The van der Waals surface area contributed by atoms with E-state index < -0.39 is 0 Å². The van der Waals surface area contributed by atoms with Crippen LogP contribution in [0.3, 0.4) is 0 Å². The number of fused-ring (bicyclic) bond motifs is 1. The summed E-state index contributed by atoms with van der Waals surface area (Å²) in [5.41, 5.74) is 7.95. The Balaban J connectivity index is 1.70. The van der Waals surface area contributed by atoms with Crippen molar-refractivity contribution >= 4 is 5.78 Å². The molecule has 0 spiro atoms. The number of hydrogen-bond acceptors (Lipinski definition) is 1. The van der Waals surface area contributed by atoms with Gasteiger partial charge >= 0.3 is 0 Å². The first-order valence-corrected chi connectivity index (χ1v) is 9.64. The number of nitrogens with one attached hydrogen (secondary N) is 1. The van der Waals surface area contributed by atoms with Crippen LogP contribution in [-0.4, -0.2) is 14.4 Å². The first-order valence-electron chi connectivity index (χ1n) is 9.64. The van der Waals surface area contributed by atoms with E-state index in [-0.39, 0.29) is 0 Å². The summed E-state index contributed by atoms with van der Waals surface area (Å²) < 4.78 is 2.17. The number of aromatic nitrogens is 3. The third kappa shape index (κ3) is 2.81. The molecule has 0 aliphatic carbocycles. The van der Waals surface area contributed by atoms with Gasteiger partial charge in [0, 0.05) is 17.3 Å². The lowest BCUT2D eigenvalue weighted by Crippen LogP contribution is -1.87. The molecule has 2 heterocycles. The molecule has 28 heavy (non-hydrogen) atoms. The molecule has 0 atom stereocenters. The molecule has 0 saturated carbocycles. The number of rotatable bonds is 4. The van der Waals surface area contributed by atoms with Crippen LogP contribution in [0.2, 0.25) is 0 Å². The largest absolute Gasteiger partial charge is 0.323 e. The van der Waals surface area contributed by atoms with Crippen molar-refractivity contribution in [3.63, 3.8) is 0 Å². The average molecular weight is 363 g/mol. The SMILES string of the molecule is CCc1ccc(-c2cn3c(-c4ccccc4)c(-c4ccccc4)nc3[nH]2)cc1. The highest BCUT2D eigenvalue weighted by molar-refractivity contribution is 5.82. The molecule has 0 amide bonds. The highest BCUT2D eigenvalue weighted by atomic mass is 15.1. The quantitative estimate of drug-likeness (QED) is 0.404. The summed E-state index contributed by atoms with van der Waals surface area (Å²) in [5.74, 6) is 0.854. The minimum Gasteiger partial charge on any atom is -0.323 e. The molecule has 0 fully saturated rings. The summed E-state index contributed by atoms with van der Waals surface area (Å²) in [6.45, 7) is 2.18. The molecule has 5 aromatic rings. The van der Waals surface area contributed by atoms with Crippen LogP contribution in [-0.2, 0) is 6.42 Å². The second-order valence-corrected chi connectivity index (χ2v) is 6.95. The average Bonchev–Trinajstić information content (AvgIpc) is 3.33. The molecule has 5 rings (SSSR count). The monoisotopic (exact) mass is 363 g/mol. The smallest absolute Gasteiger partial charge is 0.212 e. The molecule has 136 valence electrons. The fourth-order valence-corrected chi connectivity index (χ4v) is 3.66. The van der Waals surface area contributed by atoms with E-state index in [1.54, 1.807) is 0 Å². The Morgan fingerprint density at radius 1 is 0.750 bits per heavy atom. The maximum absolute atomic E-state index is 4.95. The van der Waals surface area contributed by atoms with Crippen molar-refractivity contribution in [2.45, 2.75) is 13.3 Å². The Labute approximate surface area is 164 Å². The first kappa shape index (κ1) is 16.6. The predicted molar refractivity (Wildman–Crippen MR) is 115 cm³/mol. The normalized spacial score (nSPS) is 11.2. The van der Waals surface area contributed by atoms with Gasteiger partial charge in [0.1, 0.15) is 0 Å². The van der Waals surface area contributed by atoms with Crippen molar-refractivity contribution in [2.24, 2.45) is 0 Å². The molecule has 3 heteroatoms. The van der Waals surface area contributed by atoms with Crippen molar-refractivity contribution in [3.8, 4) is 33.8 Å². The fourth-order valence-electron chi connectivity index (χ4n) is 3.66. The third-order valence-electron chi connectivity index (χ3n) is 5.18. The van der Waals surface area contributed by atoms with Crippen LogP contribution < -0.4 is 0 Å². The van der Waals surface area contributed by atoms with Crippen LogP contribution in [0.25, 0.3) is 39.5 Å². The van der Waals surface area contributed by atoms with Gasteiger partial charge in [-0.2, -0.15) is 0 Å². The predicted octanol–water partition coefficient (Wildman–Crippen LogP) is 6.23. The van der Waals surface area contributed by atoms with E-state index in [4.69, 9.17) is 4.98 Å². The number of nitrogens with zero attached hydrogens (tertiary/aromatic N) is 2. The molecule has 3 nitrogen and oxygen atoms in total. The number of H-pyrrole nitrogens is 1. The van der Waals surface area contributed by atoms with Gasteiger partial charge in [-0.3, -0.25) is 4.40 Å². The summed E-state index contributed by atoms with van der Waals surface area (Å²) in [5, 5.41) is 0. The van der Waals surface area contributed by atoms with Crippen LogP contribution >= 0.6 is 0 Å². The highest BCUT2D eigenvalue weighted by Gasteiger charge is 2.18. The maximum atomic E-state index is 4.95. The molecular weight excluding hydrogens is 342 g/mol. The van der Waals surface area contributed by atoms with Crippen LogP contribution in [0.1, 0.15) is 12.5 Å². The number of benzene rings is 3. The van der Waals surface area contributed by atoms with Crippen molar-refractivity contribution < 1.29 is 0 Å². The third-order valence-corrected chi connectivity index (χ3v) is 5.18. The van der Waals surface area contributed by atoms with Crippen molar-refractivity contribution in [3.05, 3.63) is 96.7 Å². The second-order valence-electron chi connectivity index (χ2n) is 6.95. The van der Waals surface area contributed by atoms with E-state index >= 15 is 0 Å². The molecule has 1 N–H and O–H groups in total. The van der Waals surface area contributed by atoms with E-state index in [0.717, 1.165) is 40.4 Å². The summed E-state index contributed by atoms with van der Waals surface area (Å²) in [6.07, 6.45) is 3.20. The second kappa shape index (κ2) is 6.86. The standard InChI is InChI=1S/C25H21N3/c1-2-18-13-15-19(16-14-18)22-17-28-24(21-11-7-4-8-12-21)23(27-25(28)26-22)20-9-5-3-6-10-20/h3-17H,2H2,1H3,(H,26,27). The lowest BCUT2D eigenvalue weighted by Gasteiger charge is -2.05. The Bertz CT molecular complexity index is 1210. The minimum atomic E-state index is 0.854. The summed E-state index contributed by atoms with van der Waals surface area (Å²) in [4.78, 5) is 8.45. The Kier molecular flexibility index (Phi) is 4.06. The van der Waals surface area contributed by atoms with Crippen molar-refractivity contribution in [1.82, 2.24) is 14.4 Å². The van der Waals surface area contributed by atoms with Gasteiger partial charge in [-0.15, -0.1) is 0 Å². The zero-order valence-corrected chi connectivity index (χ0v) is 15.8. The van der Waals surface area contributed by atoms with Crippen LogP contribution in [0, 0.1) is 0 Å². The molecule has 0 radical (unpaired) electrons. The summed E-state index contributed by atoms with van der Waals surface area (Å²) in [6, 6.07) is 29.5. The number of aromatic amines is 1. The number of imidazole rings is 2. The lowest BCUT2D eigenvalue weighted by atomic mass is 10.0. The van der Waals surface area contributed by atoms with E-state index in [9.17, 15) is 0 Å². The Hall–Kier alpha value is -3.59. The van der Waals surface area contributed by atoms with Crippen molar-refractivity contribution in [1.29, 1.82) is 0 Å². The summed E-state index contributed by atoms with van der Waals surface area (Å²) >= 11 is 0. The van der Waals surface area contributed by atoms with Crippen molar-refractivity contribution in [2.75, 3.05) is 0 Å². The van der Waals surface area contributed by atoms with Crippen LogP contribution in [0.4, 0.5) is 0 Å². The molecule has 0 aliphatic rings. The van der Waals surface area contributed by atoms with E-state index in [1.165, 1.54) is 11.1 Å². The Morgan fingerprint density at radius 3 is 2.04 bits per heavy atom. The molecule has 0 unspecified atom stereocenters. The van der Waals surface area contributed by atoms with Gasteiger partial charge in [-0.05, 0) is 17.5 Å². The van der Waals surface area contributed by atoms with E-state index in [1.807, 2.05) is 12.1 Å². The van der Waals surface area contributed by atoms with E-state index in [2.05, 4.69) is 95.3 Å². The molecule has 2 aromatic heterocycles. The fraction of sp³-hybridized carbons (Fsp3) is 0.0800. The Morgan fingerprint density at radius 2 is 1.39 bits per heavy atom. The highest BCUT2D eigenvalue weighted by Crippen LogP contribution is 2.34. The zero-order chi connectivity index (χ0) is 18.9. The van der Waals surface area contributed by atoms with Crippen LogP contribution in [0.5, 0.6) is 0 Å². The molecule has 3 aromatic carbocycles. The maximum Gasteiger partial charge on any atom is 0.212 e. The molecule has 0 aliphatic heterocycles. The zero-order valence-electron chi connectivity index (χ0n) is 15.8. The lowest BCUT2D eigenvalue weighted by molar-refractivity contribution is 1.14. The minimum absolute atomic E-state index is 0.854. The van der Waals surface area contributed by atoms with Gasteiger partial charge in [-0.1, -0.05) is 91.9 Å². The molecular formula is C25H21N3. The number of aryl methyl sites for hydroxylation is 1. The van der Waals surface area contributed by atoms with Gasteiger partial charge < -0.3 is 4.98 Å². The molecule has 0 saturated heterocycles. The van der Waals surface area contributed by atoms with Gasteiger partial charge in [0.2, 0.25) is 5.78 Å². The van der Waals surface area contributed by atoms with E-state index in [0.29, 0.717) is 0 Å².